The van der Waals surface area contributed by atoms with E-state index in [1.54, 1.807) is 29.2 Å². The molecule has 0 radical (unpaired) electrons. The summed E-state index contributed by atoms with van der Waals surface area (Å²) < 4.78 is 5.76. The van der Waals surface area contributed by atoms with Gasteiger partial charge in [0.1, 0.15) is 6.10 Å². The Hall–Kier alpha value is -3.23. The van der Waals surface area contributed by atoms with Crippen LogP contribution in [-0.4, -0.2) is 52.9 Å². The van der Waals surface area contributed by atoms with E-state index in [0.717, 1.165) is 11.3 Å². The van der Waals surface area contributed by atoms with Crippen molar-refractivity contribution in [2.75, 3.05) is 11.4 Å². The molecule has 1 aliphatic rings. The summed E-state index contributed by atoms with van der Waals surface area (Å²) >= 11 is 0. The first-order chi connectivity index (χ1) is 17.0. The number of rotatable bonds is 10. The number of aliphatic hydroxyl groups is 1. The normalized spacial score (nSPS) is 18.0. The van der Waals surface area contributed by atoms with Crippen LogP contribution in [0, 0.1) is 11.3 Å². The number of nitrogens with zero attached hydrogens (tertiary/aromatic N) is 1. The minimum absolute atomic E-state index is 0.0501. The molecule has 4 N–H and O–H groups in total. The highest BCUT2D eigenvalue weighted by molar-refractivity contribution is 5.95. The number of carboxylic acid groups (broad SMARTS) is 1. The van der Waals surface area contributed by atoms with Crippen LogP contribution in [0.15, 0.2) is 54.6 Å². The summed E-state index contributed by atoms with van der Waals surface area (Å²) in [7, 11) is 0. The summed E-state index contributed by atoms with van der Waals surface area (Å²) in [6, 6.07) is 15.7. The van der Waals surface area contributed by atoms with Crippen molar-refractivity contribution in [3.63, 3.8) is 0 Å². The van der Waals surface area contributed by atoms with Crippen LogP contribution in [0.5, 0.6) is 0 Å². The Kier molecular flexibility index (Phi) is 8.87. The van der Waals surface area contributed by atoms with Crippen molar-refractivity contribution in [1.29, 1.82) is 0 Å². The second kappa shape index (κ2) is 11.7. The zero-order chi connectivity index (χ0) is 26.5. The van der Waals surface area contributed by atoms with Gasteiger partial charge in [0.2, 0.25) is 5.91 Å². The zero-order valence-electron chi connectivity index (χ0n) is 21.1. The molecule has 0 saturated heterocycles. The van der Waals surface area contributed by atoms with Crippen LogP contribution < -0.4 is 10.6 Å². The molecule has 0 aliphatic carbocycles. The number of para-hydroxylation sites is 1. The molecule has 0 fully saturated rings. The summed E-state index contributed by atoms with van der Waals surface area (Å²) in [6.07, 6.45) is -0.400. The fourth-order valence-electron chi connectivity index (χ4n) is 4.66. The van der Waals surface area contributed by atoms with Gasteiger partial charge in [0.05, 0.1) is 24.1 Å². The van der Waals surface area contributed by atoms with Crippen molar-refractivity contribution in [2.24, 2.45) is 17.1 Å². The van der Waals surface area contributed by atoms with Gasteiger partial charge >= 0.3 is 11.9 Å². The van der Waals surface area contributed by atoms with Gasteiger partial charge < -0.3 is 25.6 Å². The van der Waals surface area contributed by atoms with Crippen molar-refractivity contribution in [1.82, 2.24) is 0 Å². The van der Waals surface area contributed by atoms with Crippen LogP contribution in [0.1, 0.15) is 56.0 Å². The molecule has 0 saturated carbocycles. The third-order valence-electron chi connectivity index (χ3n) is 6.63. The van der Waals surface area contributed by atoms with E-state index in [1.165, 1.54) is 6.92 Å². The molecule has 8 nitrogen and oxygen atoms in total. The smallest absolute Gasteiger partial charge is 0.338 e. The molecule has 4 atom stereocenters. The fourth-order valence-corrected chi connectivity index (χ4v) is 4.66. The van der Waals surface area contributed by atoms with Crippen LogP contribution in [0.3, 0.4) is 0 Å². The Bertz CT molecular complexity index is 1070. The summed E-state index contributed by atoms with van der Waals surface area (Å²) in [5.41, 5.74) is 7.82. The number of ether oxygens (including phenoxy) is 1. The van der Waals surface area contributed by atoms with Gasteiger partial charge in [-0.15, -0.1) is 0 Å². The number of anilines is 1. The molecule has 3 rings (SSSR count). The first-order valence-corrected chi connectivity index (χ1v) is 12.3. The zero-order valence-corrected chi connectivity index (χ0v) is 21.1. The number of carboxylic acids is 1. The molecule has 0 spiro atoms. The molecule has 2 aromatic rings. The molecule has 0 unspecified atom stereocenters. The lowest BCUT2D eigenvalue weighted by molar-refractivity contribution is -0.142. The van der Waals surface area contributed by atoms with Gasteiger partial charge in [-0.2, -0.15) is 0 Å². The third-order valence-corrected chi connectivity index (χ3v) is 6.63. The first kappa shape index (κ1) is 27.4. The van der Waals surface area contributed by atoms with Crippen LogP contribution in [0.25, 0.3) is 0 Å². The van der Waals surface area contributed by atoms with Gasteiger partial charge in [0.15, 0.2) is 0 Å². The van der Waals surface area contributed by atoms with E-state index >= 15 is 0 Å². The van der Waals surface area contributed by atoms with E-state index in [-0.39, 0.29) is 25.3 Å². The molecule has 1 amide bonds. The lowest BCUT2D eigenvalue weighted by atomic mass is 9.79. The van der Waals surface area contributed by atoms with Crippen LogP contribution in [-0.2, 0) is 20.7 Å². The Morgan fingerprint density at radius 3 is 2.42 bits per heavy atom. The molecular formula is C28H36N2O6. The number of benzene rings is 2. The fraction of sp³-hybridized carbons (Fsp3) is 0.464. The summed E-state index contributed by atoms with van der Waals surface area (Å²) in [5.74, 6) is -2.25. The SMILES string of the molecule is C[C@H](C[C@H](O)[C@@H](N)CC(C)(C)CC(=O)N1C[C@H](OC(=O)c2ccccc2)Cc2ccccc21)C(=O)O. The summed E-state index contributed by atoms with van der Waals surface area (Å²) in [5, 5.41) is 19.5. The van der Waals surface area contributed by atoms with Crippen molar-refractivity contribution >= 4 is 23.5 Å². The highest BCUT2D eigenvalue weighted by Crippen LogP contribution is 2.33. The van der Waals surface area contributed by atoms with Crippen molar-refractivity contribution in [3.05, 3.63) is 65.7 Å². The van der Waals surface area contributed by atoms with Crippen molar-refractivity contribution < 1.29 is 29.3 Å². The monoisotopic (exact) mass is 496 g/mol. The number of aliphatic carboxylic acids is 1. The maximum absolute atomic E-state index is 13.5. The summed E-state index contributed by atoms with van der Waals surface area (Å²) in [4.78, 5) is 38.9. The Morgan fingerprint density at radius 1 is 1.11 bits per heavy atom. The van der Waals surface area contributed by atoms with E-state index in [4.69, 9.17) is 15.6 Å². The number of amides is 1. The second-order valence-corrected chi connectivity index (χ2v) is 10.5. The van der Waals surface area contributed by atoms with Gasteiger partial charge in [0, 0.05) is 24.6 Å². The van der Waals surface area contributed by atoms with Crippen LogP contribution in [0.4, 0.5) is 5.69 Å². The number of fused-ring (bicyclic) bond motifs is 1. The molecule has 0 bridgehead atoms. The van der Waals surface area contributed by atoms with Crippen molar-refractivity contribution in [3.8, 4) is 0 Å². The number of aliphatic hydroxyl groups excluding tert-OH is 1. The molecule has 194 valence electrons. The molecule has 36 heavy (non-hydrogen) atoms. The minimum atomic E-state index is -0.984. The number of carbonyl (C=O) groups excluding carboxylic acids is 2. The van der Waals surface area contributed by atoms with Gasteiger partial charge in [-0.3, -0.25) is 9.59 Å². The predicted octanol–water partition coefficient (Wildman–Crippen LogP) is 3.41. The third kappa shape index (κ3) is 7.15. The van der Waals surface area contributed by atoms with Gasteiger partial charge in [-0.25, -0.2) is 4.79 Å². The Balaban J connectivity index is 1.69. The molecular weight excluding hydrogens is 460 g/mol. The average Bonchev–Trinajstić information content (AvgIpc) is 2.83. The molecule has 0 aromatic heterocycles. The lowest BCUT2D eigenvalue weighted by Crippen LogP contribution is -2.46. The predicted molar refractivity (Wildman–Crippen MR) is 137 cm³/mol. The maximum Gasteiger partial charge on any atom is 0.338 e. The number of hydrogen-bond acceptors (Lipinski definition) is 6. The number of nitrogens with two attached hydrogens (primary N) is 1. The average molecular weight is 497 g/mol. The number of carbonyl (C=O) groups is 3. The number of esters is 1. The molecule has 1 heterocycles. The number of hydrogen-bond donors (Lipinski definition) is 3. The maximum atomic E-state index is 13.5. The van der Waals surface area contributed by atoms with Gasteiger partial charge in [0.25, 0.3) is 0 Å². The lowest BCUT2D eigenvalue weighted by Gasteiger charge is -2.37. The van der Waals surface area contributed by atoms with Gasteiger partial charge in [-0.1, -0.05) is 57.2 Å². The summed E-state index contributed by atoms with van der Waals surface area (Å²) in [6.45, 7) is 5.58. The van der Waals surface area contributed by atoms with Crippen molar-refractivity contribution in [2.45, 2.75) is 64.7 Å². The van der Waals surface area contributed by atoms with Gasteiger partial charge in [-0.05, 0) is 42.0 Å². The van der Waals surface area contributed by atoms with E-state index in [2.05, 4.69) is 0 Å². The topological polar surface area (TPSA) is 130 Å². The largest absolute Gasteiger partial charge is 0.481 e. The highest BCUT2D eigenvalue weighted by atomic mass is 16.5. The first-order valence-electron chi connectivity index (χ1n) is 12.3. The minimum Gasteiger partial charge on any atom is -0.481 e. The molecule has 8 heteroatoms. The van der Waals surface area contributed by atoms with Crippen LogP contribution in [0.2, 0.25) is 0 Å². The van der Waals surface area contributed by atoms with Crippen LogP contribution >= 0.6 is 0 Å². The Labute approximate surface area is 212 Å². The standard InChI is InChI=1S/C28H36N2O6/c1-18(26(33)34)13-24(31)22(29)15-28(2,3)16-25(32)30-17-21(14-20-11-7-8-12-23(20)30)36-27(35)19-9-5-4-6-10-19/h4-12,18,21-22,24,31H,13-17,29H2,1-3H3,(H,33,34)/t18-,21-,22+,24+/m1/s1. The van der Waals surface area contributed by atoms with E-state index in [1.807, 2.05) is 44.2 Å². The van der Waals surface area contributed by atoms with E-state index in [0.29, 0.717) is 18.4 Å². The Morgan fingerprint density at radius 2 is 1.75 bits per heavy atom. The van der Waals surface area contributed by atoms with E-state index < -0.39 is 41.5 Å². The highest BCUT2D eigenvalue weighted by Gasteiger charge is 2.35. The molecule has 2 aromatic carbocycles. The second-order valence-electron chi connectivity index (χ2n) is 10.5. The van der Waals surface area contributed by atoms with E-state index in [9.17, 15) is 19.5 Å². The quantitative estimate of drug-likeness (QED) is 0.430. The molecule has 1 aliphatic heterocycles.